The van der Waals surface area contributed by atoms with E-state index in [0.29, 0.717) is 25.4 Å². The average Bonchev–Trinajstić information content (AvgIpc) is 3.38. The molecule has 0 saturated carbocycles. The summed E-state index contributed by atoms with van der Waals surface area (Å²) in [5.41, 5.74) is 0.892. The molecule has 3 N–H and O–H groups in total. The van der Waals surface area contributed by atoms with Crippen molar-refractivity contribution < 1.29 is 34.0 Å². The minimum Gasteiger partial charge on any atom is -0.457 e. The van der Waals surface area contributed by atoms with Crippen molar-refractivity contribution in [3.63, 3.8) is 0 Å². The van der Waals surface area contributed by atoms with E-state index in [-0.39, 0.29) is 60.5 Å². The monoisotopic (exact) mass is 602 g/mol. The number of hydrogen-bond donors (Lipinski definition) is 3. The van der Waals surface area contributed by atoms with Crippen LogP contribution in [0.5, 0.6) is 0 Å². The molecule has 0 aromatic rings. The van der Waals surface area contributed by atoms with Crippen LogP contribution in [0.1, 0.15) is 80.1 Å². The van der Waals surface area contributed by atoms with Gasteiger partial charge in [0.15, 0.2) is 0 Å². The molecule has 9 nitrogen and oxygen atoms in total. The third-order valence-electron chi connectivity index (χ3n) is 9.80. The van der Waals surface area contributed by atoms with Crippen molar-refractivity contribution >= 4 is 12.1 Å². The summed E-state index contributed by atoms with van der Waals surface area (Å²) in [6, 6.07) is 0.536. The highest BCUT2D eigenvalue weighted by molar-refractivity contribution is 5.70. The summed E-state index contributed by atoms with van der Waals surface area (Å²) in [4.78, 5) is 27.7. The number of allylic oxidation sites excluding steroid dienone is 3. The number of likely N-dealkylation sites (tertiary alicyclic amines) is 1. The van der Waals surface area contributed by atoms with Crippen molar-refractivity contribution in [1.29, 1.82) is 0 Å². The number of piperazine rings is 1. The fourth-order valence-corrected chi connectivity index (χ4v) is 6.75. The molecular weight excluding hydrogens is 548 g/mol. The zero-order valence-corrected chi connectivity index (χ0v) is 26.9. The van der Waals surface area contributed by atoms with Gasteiger partial charge in [0.05, 0.1) is 30.8 Å². The molecule has 0 aliphatic carbocycles. The number of carbonyl (C=O) groups is 2. The Hall–Kier alpha value is -2.20. The van der Waals surface area contributed by atoms with Gasteiger partial charge in [-0.1, -0.05) is 58.9 Å². The molecule has 12 atom stereocenters. The van der Waals surface area contributed by atoms with Crippen molar-refractivity contribution in [2.24, 2.45) is 23.7 Å². The Morgan fingerprint density at radius 3 is 2.70 bits per heavy atom. The molecule has 3 saturated heterocycles. The second-order valence-corrected chi connectivity index (χ2v) is 13.5. The van der Waals surface area contributed by atoms with E-state index in [1.165, 1.54) is 0 Å². The van der Waals surface area contributed by atoms with E-state index in [9.17, 15) is 19.8 Å². The van der Waals surface area contributed by atoms with E-state index in [4.69, 9.17) is 14.2 Å². The number of fused-ring (bicyclic) bond motifs is 2. The third-order valence-corrected chi connectivity index (χ3v) is 9.80. The SMILES string of the molecule is CC[C@H](O)[C@@H](C)[C@H]1O[C@@H]1C[C@H](C)/C=C/C=C(\C)[C@H]1OC(=O)C[C@H](O)CC[C@H](C)[C@@H](OC(=O)N2C[C@@H]3C[C@H]2CN3)/C=C/[C@@H]1C. The van der Waals surface area contributed by atoms with E-state index < -0.39 is 24.3 Å². The molecule has 4 aliphatic heterocycles. The van der Waals surface area contributed by atoms with Gasteiger partial charge in [-0.3, -0.25) is 4.79 Å². The van der Waals surface area contributed by atoms with Crippen molar-refractivity contribution in [3.8, 4) is 0 Å². The molecule has 3 fully saturated rings. The Balaban J connectivity index is 1.40. The van der Waals surface area contributed by atoms with E-state index >= 15 is 0 Å². The van der Waals surface area contributed by atoms with Crippen LogP contribution in [-0.2, 0) is 19.0 Å². The maximum atomic E-state index is 13.1. The number of epoxide rings is 1. The lowest BCUT2D eigenvalue weighted by atomic mass is 9.92. The predicted molar refractivity (Wildman–Crippen MR) is 165 cm³/mol. The number of hydrogen-bond acceptors (Lipinski definition) is 8. The van der Waals surface area contributed by atoms with Crippen LogP contribution in [0.15, 0.2) is 36.0 Å². The summed E-state index contributed by atoms with van der Waals surface area (Å²) >= 11 is 0. The quantitative estimate of drug-likeness (QED) is 0.152. The van der Waals surface area contributed by atoms with Gasteiger partial charge in [0.25, 0.3) is 0 Å². The van der Waals surface area contributed by atoms with Gasteiger partial charge in [0.1, 0.15) is 12.2 Å². The Labute approximate surface area is 257 Å². The highest BCUT2D eigenvalue weighted by Crippen LogP contribution is 2.36. The number of rotatable bonds is 9. The Morgan fingerprint density at radius 1 is 1.26 bits per heavy atom. The number of cyclic esters (lactones) is 1. The molecule has 0 aromatic carbocycles. The number of nitrogens with zero attached hydrogens (tertiary/aromatic N) is 1. The molecule has 0 spiro atoms. The number of aliphatic hydroxyl groups excluding tert-OH is 2. The molecule has 0 aromatic heterocycles. The fraction of sp³-hybridized carbons (Fsp3) is 0.765. The molecule has 242 valence electrons. The molecule has 0 radical (unpaired) electrons. The van der Waals surface area contributed by atoms with Gasteiger partial charge in [-0.05, 0) is 62.5 Å². The van der Waals surface area contributed by atoms with Gasteiger partial charge >= 0.3 is 12.1 Å². The Morgan fingerprint density at radius 2 is 2.02 bits per heavy atom. The van der Waals surface area contributed by atoms with E-state index in [2.05, 4.69) is 18.3 Å². The normalized spacial score (nSPS) is 38.1. The van der Waals surface area contributed by atoms with Gasteiger partial charge in [0.2, 0.25) is 0 Å². The number of carbonyl (C=O) groups excluding carboxylic acids is 2. The van der Waals surface area contributed by atoms with Gasteiger partial charge in [0, 0.05) is 37.0 Å². The van der Waals surface area contributed by atoms with Gasteiger partial charge in [-0.2, -0.15) is 0 Å². The topological polar surface area (TPSA) is 121 Å². The van der Waals surface area contributed by atoms with Crippen LogP contribution in [0, 0.1) is 23.7 Å². The molecule has 2 bridgehead atoms. The van der Waals surface area contributed by atoms with Crippen LogP contribution < -0.4 is 5.32 Å². The summed E-state index contributed by atoms with van der Waals surface area (Å²) in [5.74, 6) is -0.184. The highest BCUT2D eigenvalue weighted by Gasteiger charge is 2.45. The van der Waals surface area contributed by atoms with E-state index in [0.717, 1.165) is 31.4 Å². The number of aliphatic hydroxyl groups is 2. The molecular formula is C34H54N2O7. The van der Waals surface area contributed by atoms with Crippen LogP contribution in [0.3, 0.4) is 0 Å². The van der Waals surface area contributed by atoms with Gasteiger partial charge < -0.3 is 34.6 Å². The summed E-state index contributed by atoms with van der Waals surface area (Å²) in [6.45, 7) is 13.6. The lowest BCUT2D eigenvalue weighted by Gasteiger charge is -2.31. The van der Waals surface area contributed by atoms with Crippen molar-refractivity contribution in [3.05, 3.63) is 36.0 Å². The zero-order chi connectivity index (χ0) is 31.3. The molecule has 43 heavy (non-hydrogen) atoms. The molecule has 0 unspecified atom stereocenters. The van der Waals surface area contributed by atoms with Crippen LogP contribution in [0.25, 0.3) is 0 Å². The Kier molecular flexibility index (Phi) is 11.9. The number of ether oxygens (including phenoxy) is 3. The van der Waals surface area contributed by atoms with Crippen LogP contribution >= 0.6 is 0 Å². The minimum absolute atomic E-state index is 0.0156. The lowest BCUT2D eigenvalue weighted by molar-refractivity contribution is -0.151. The molecule has 4 rings (SSSR count). The van der Waals surface area contributed by atoms with E-state index in [1.54, 1.807) is 0 Å². The summed E-state index contributed by atoms with van der Waals surface area (Å²) < 4.78 is 17.8. The molecule has 4 heterocycles. The second-order valence-electron chi connectivity index (χ2n) is 13.5. The van der Waals surface area contributed by atoms with Crippen LogP contribution in [0.4, 0.5) is 4.79 Å². The summed E-state index contributed by atoms with van der Waals surface area (Å²) in [5, 5.41) is 24.1. The molecule has 1 amide bonds. The lowest BCUT2D eigenvalue weighted by Crippen LogP contribution is -2.47. The van der Waals surface area contributed by atoms with Crippen molar-refractivity contribution in [2.45, 2.75) is 129 Å². The average molecular weight is 603 g/mol. The van der Waals surface area contributed by atoms with Gasteiger partial charge in [-0.15, -0.1) is 0 Å². The summed E-state index contributed by atoms with van der Waals surface area (Å²) in [6.07, 6.45) is 11.5. The first-order valence-electron chi connectivity index (χ1n) is 16.4. The first-order valence-corrected chi connectivity index (χ1v) is 16.4. The third kappa shape index (κ3) is 9.16. The van der Waals surface area contributed by atoms with Crippen molar-refractivity contribution in [1.82, 2.24) is 10.2 Å². The maximum Gasteiger partial charge on any atom is 0.410 e. The van der Waals surface area contributed by atoms with E-state index in [1.807, 2.05) is 63.8 Å². The minimum atomic E-state index is -0.814. The number of nitrogens with one attached hydrogen (secondary N) is 1. The van der Waals surface area contributed by atoms with Gasteiger partial charge in [-0.25, -0.2) is 4.79 Å². The smallest absolute Gasteiger partial charge is 0.410 e. The maximum absolute atomic E-state index is 13.1. The first-order chi connectivity index (χ1) is 20.5. The molecule has 9 heteroatoms. The largest absolute Gasteiger partial charge is 0.457 e. The zero-order valence-electron chi connectivity index (χ0n) is 26.9. The fourth-order valence-electron chi connectivity index (χ4n) is 6.75. The molecule has 4 aliphatic rings. The van der Waals surface area contributed by atoms with Crippen LogP contribution in [0.2, 0.25) is 0 Å². The second kappa shape index (κ2) is 15.2. The first kappa shape index (κ1) is 33.7. The number of amides is 1. The predicted octanol–water partition coefficient (Wildman–Crippen LogP) is 4.53. The number of esters is 1. The van der Waals surface area contributed by atoms with Crippen LogP contribution in [-0.4, -0.2) is 89.0 Å². The summed E-state index contributed by atoms with van der Waals surface area (Å²) in [7, 11) is 0. The van der Waals surface area contributed by atoms with Crippen molar-refractivity contribution in [2.75, 3.05) is 13.1 Å². The highest BCUT2D eigenvalue weighted by atomic mass is 16.6. The Bertz CT molecular complexity index is 1040. The standard InChI is InChI=1S/C34H54N2O7/c1-7-28(38)24(6)33-30(41-33)15-20(2)9-8-10-22(4)32-23(5)12-14-29(21(3)11-13-27(37)17-31(39)43-32)42-34(40)36-19-25-16-26(36)18-35-25/h8-10,12,14,20-21,23-30,32-33,35,37-38H,7,11,13,15-19H2,1-6H3/b9-8+,14-12+,22-10+/t20-,21+,23+,24-,25+,26+,27-,28+,29+,30-,32-,33-/m1/s1.